The molecule has 0 saturated carbocycles. The van der Waals surface area contributed by atoms with Crippen LogP contribution in [0.25, 0.3) is 0 Å². The minimum absolute atomic E-state index is 0.246. The zero-order valence-electron chi connectivity index (χ0n) is 11.3. The first kappa shape index (κ1) is 15.2. The molecule has 0 aliphatic carbocycles. The van der Waals surface area contributed by atoms with E-state index in [1.165, 1.54) is 7.11 Å². The van der Waals surface area contributed by atoms with E-state index in [1.54, 1.807) is 0 Å². The minimum Gasteiger partial charge on any atom is -0.469 e. The van der Waals surface area contributed by atoms with Crippen molar-refractivity contribution in [2.75, 3.05) is 7.11 Å². The molecule has 0 aliphatic heterocycles. The van der Waals surface area contributed by atoms with Crippen molar-refractivity contribution in [1.82, 2.24) is 0 Å². The fraction of sp³-hybridized carbons (Fsp3) is 0.500. The number of nitrogens with two attached hydrogens (primary N) is 1. The van der Waals surface area contributed by atoms with E-state index in [-0.39, 0.29) is 12.4 Å². The third-order valence-electron chi connectivity index (χ3n) is 3.62. The molecule has 0 saturated heterocycles. The third kappa shape index (κ3) is 2.93. The average molecular weight is 314 g/mol. The fourth-order valence-electron chi connectivity index (χ4n) is 1.94. The molecule has 18 heavy (non-hydrogen) atoms. The largest absolute Gasteiger partial charge is 0.469 e. The predicted octanol–water partition coefficient (Wildman–Crippen LogP) is 3.01. The monoisotopic (exact) mass is 313 g/mol. The molecule has 1 unspecified atom stereocenters. The van der Waals surface area contributed by atoms with Crippen molar-refractivity contribution in [1.29, 1.82) is 0 Å². The Morgan fingerprint density at radius 2 is 1.89 bits per heavy atom. The first-order chi connectivity index (χ1) is 8.22. The number of ether oxygens (including phenoxy) is 1. The molecule has 100 valence electrons. The zero-order valence-corrected chi connectivity index (χ0v) is 12.9. The molecule has 0 aliphatic rings. The van der Waals surface area contributed by atoms with Gasteiger partial charge in [0.1, 0.15) is 0 Å². The Morgan fingerprint density at radius 3 is 2.33 bits per heavy atom. The van der Waals surface area contributed by atoms with Gasteiger partial charge in [-0.15, -0.1) is 0 Å². The van der Waals surface area contributed by atoms with E-state index < -0.39 is 11.0 Å². The van der Waals surface area contributed by atoms with E-state index in [9.17, 15) is 4.79 Å². The normalized spacial score (nSPS) is 15.0. The highest BCUT2D eigenvalue weighted by Crippen LogP contribution is 2.40. The van der Waals surface area contributed by atoms with Crippen LogP contribution < -0.4 is 5.73 Å². The number of esters is 1. The van der Waals surface area contributed by atoms with Crippen LogP contribution in [0.3, 0.4) is 0 Å². The average Bonchev–Trinajstić information content (AvgIpc) is 2.27. The number of methoxy groups -OCH3 is 1. The van der Waals surface area contributed by atoms with Crippen molar-refractivity contribution in [2.45, 2.75) is 38.1 Å². The van der Waals surface area contributed by atoms with Crippen LogP contribution in [0.4, 0.5) is 0 Å². The van der Waals surface area contributed by atoms with Crippen LogP contribution in [0, 0.1) is 0 Å². The molecule has 1 aromatic carbocycles. The van der Waals surface area contributed by atoms with Gasteiger partial charge < -0.3 is 10.5 Å². The van der Waals surface area contributed by atoms with Crippen molar-refractivity contribution in [3.63, 3.8) is 0 Å². The van der Waals surface area contributed by atoms with Gasteiger partial charge in [-0.3, -0.25) is 4.79 Å². The van der Waals surface area contributed by atoms with E-state index in [4.69, 9.17) is 10.5 Å². The lowest BCUT2D eigenvalue weighted by atomic mass is 9.66. The fourth-order valence-corrected chi connectivity index (χ4v) is 2.66. The van der Waals surface area contributed by atoms with Crippen molar-refractivity contribution in [2.24, 2.45) is 5.73 Å². The summed E-state index contributed by atoms with van der Waals surface area (Å²) in [5.41, 5.74) is 6.26. The summed E-state index contributed by atoms with van der Waals surface area (Å²) in [6.07, 6.45) is 0.246. The molecule has 0 heterocycles. The maximum atomic E-state index is 11.7. The van der Waals surface area contributed by atoms with Crippen LogP contribution in [0.5, 0.6) is 0 Å². The van der Waals surface area contributed by atoms with Gasteiger partial charge in [-0.05, 0) is 25.5 Å². The highest BCUT2D eigenvalue weighted by molar-refractivity contribution is 9.10. The summed E-state index contributed by atoms with van der Waals surface area (Å²) < 4.78 is 5.75. The lowest BCUT2D eigenvalue weighted by Gasteiger charge is -2.42. The Kier molecular flexibility index (Phi) is 4.56. The SMILES string of the molecule is COC(=O)CC(C)(c1ccccc1Br)C(C)(C)N. The number of rotatable bonds is 4. The van der Waals surface area contributed by atoms with Crippen molar-refractivity contribution < 1.29 is 9.53 Å². The summed E-state index contributed by atoms with van der Waals surface area (Å²) >= 11 is 3.53. The Balaban J connectivity index is 3.30. The van der Waals surface area contributed by atoms with Gasteiger partial charge in [-0.25, -0.2) is 0 Å². The van der Waals surface area contributed by atoms with Crippen LogP contribution in [0.2, 0.25) is 0 Å². The molecular weight excluding hydrogens is 294 g/mol. The molecular formula is C14H20BrNO2. The second-order valence-corrected chi connectivity index (χ2v) is 6.14. The number of halogens is 1. The maximum Gasteiger partial charge on any atom is 0.306 e. The number of carbonyl (C=O) groups is 1. The number of carbonyl (C=O) groups excluding carboxylic acids is 1. The lowest BCUT2D eigenvalue weighted by molar-refractivity contribution is -0.142. The zero-order chi connectivity index (χ0) is 14.0. The second kappa shape index (κ2) is 5.41. The van der Waals surface area contributed by atoms with Crippen LogP contribution in [-0.2, 0) is 14.9 Å². The molecule has 1 rings (SSSR count). The van der Waals surface area contributed by atoms with E-state index in [0.717, 1.165) is 10.0 Å². The van der Waals surface area contributed by atoms with Crippen molar-refractivity contribution >= 4 is 21.9 Å². The maximum absolute atomic E-state index is 11.7. The van der Waals surface area contributed by atoms with Gasteiger partial charge in [-0.2, -0.15) is 0 Å². The summed E-state index contributed by atoms with van der Waals surface area (Å²) in [5.74, 6) is -0.258. The molecule has 0 aromatic heterocycles. The van der Waals surface area contributed by atoms with Gasteiger partial charge in [0.2, 0.25) is 0 Å². The summed E-state index contributed by atoms with van der Waals surface area (Å²) in [6.45, 7) is 5.84. The highest BCUT2D eigenvalue weighted by atomic mass is 79.9. The van der Waals surface area contributed by atoms with Crippen LogP contribution in [0.1, 0.15) is 32.8 Å². The third-order valence-corrected chi connectivity index (χ3v) is 4.31. The predicted molar refractivity (Wildman–Crippen MR) is 76.4 cm³/mol. The molecule has 2 N–H and O–H groups in total. The number of hydrogen-bond donors (Lipinski definition) is 1. The van der Waals surface area contributed by atoms with E-state index in [2.05, 4.69) is 15.9 Å². The Hall–Kier alpha value is -0.870. The second-order valence-electron chi connectivity index (χ2n) is 5.29. The minimum atomic E-state index is -0.551. The summed E-state index contributed by atoms with van der Waals surface area (Å²) in [5, 5.41) is 0. The highest BCUT2D eigenvalue weighted by Gasteiger charge is 2.42. The quantitative estimate of drug-likeness (QED) is 0.869. The molecule has 0 bridgehead atoms. The molecule has 1 aromatic rings. The topological polar surface area (TPSA) is 52.3 Å². The molecule has 0 fully saturated rings. The lowest BCUT2D eigenvalue weighted by Crippen LogP contribution is -2.53. The summed E-state index contributed by atoms with van der Waals surface area (Å²) in [6, 6.07) is 7.83. The molecule has 4 heteroatoms. The van der Waals surface area contributed by atoms with Crippen LogP contribution in [-0.4, -0.2) is 18.6 Å². The molecule has 0 spiro atoms. The smallest absolute Gasteiger partial charge is 0.306 e. The van der Waals surface area contributed by atoms with E-state index >= 15 is 0 Å². The standard InChI is InChI=1S/C14H20BrNO2/c1-13(2,16)14(3,9-12(17)18-4)10-7-5-6-8-11(10)15/h5-8H,9,16H2,1-4H3. The van der Waals surface area contributed by atoms with Gasteiger partial charge in [0, 0.05) is 15.4 Å². The Morgan fingerprint density at radius 1 is 1.33 bits per heavy atom. The van der Waals surface area contributed by atoms with E-state index in [0.29, 0.717) is 0 Å². The first-order valence-electron chi connectivity index (χ1n) is 5.83. The molecule has 0 amide bonds. The van der Waals surface area contributed by atoms with Gasteiger partial charge in [0.25, 0.3) is 0 Å². The summed E-state index contributed by atoms with van der Waals surface area (Å²) in [7, 11) is 1.40. The van der Waals surface area contributed by atoms with Gasteiger partial charge in [0.15, 0.2) is 0 Å². The van der Waals surface area contributed by atoms with Gasteiger partial charge >= 0.3 is 5.97 Å². The number of benzene rings is 1. The van der Waals surface area contributed by atoms with Crippen LogP contribution >= 0.6 is 15.9 Å². The number of hydrogen-bond acceptors (Lipinski definition) is 3. The Labute approximate surface area is 117 Å². The van der Waals surface area contributed by atoms with Crippen LogP contribution in [0.15, 0.2) is 28.7 Å². The van der Waals surface area contributed by atoms with Gasteiger partial charge in [-0.1, -0.05) is 41.1 Å². The van der Waals surface area contributed by atoms with Gasteiger partial charge in [0.05, 0.1) is 13.5 Å². The molecule has 1 atom stereocenters. The van der Waals surface area contributed by atoms with Crippen molar-refractivity contribution in [3.05, 3.63) is 34.3 Å². The first-order valence-corrected chi connectivity index (χ1v) is 6.62. The Bertz CT molecular complexity index is 440. The molecule has 0 radical (unpaired) electrons. The summed E-state index contributed by atoms with van der Waals surface area (Å²) in [4.78, 5) is 11.7. The van der Waals surface area contributed by atoms with E-state index in [1.807, 2.05) is 45.0 Å². The molecule has 3 nitrogen and oxygen atoms in total. The van der Waals surface area contributed by atoms with Crippen molar-refractivity contribution in [3.8, 4) is 0 Å².